The molecule has 0 atom stereocenters. The van der Waals surface area contributed by atoms with Crippen molar-refractivity contribution in [1.82, 2.24) is 14.8 Å². The van der Waals surface area contributed by atoms with Gasteiger partial charge in [0, 0.05) is 44.4 Å². The third-order valence-electron chi connectivity index (χ3n) is 4.18. The first-order chi connectivity index (χ1) is 10.4. The lowest BCUT2D eigenvalue weighted by Crippen LogP contribution is -2.38. The first-order valence-corrected chi connectivity index (χ1v) is 7.95. The lowest BCUT2D eigenvalue weighted by molar-refractivity contribution is 0.0365. The highest BCUT2D eigenvalue weighted by Crippen LogP contribution is 2.18. The average Bonchev–Trinajstić information content (AvgIpc) is 2.94. The van der Waals surface area contributed by atoms with Gasteiger partial charge in [-0.2, -0.15) is 0 Å². The van der Waals surface area contributed by atoms with E-state index in [2.05, 4.69) is 52.2 Å². The SMILES string of the molecule is CCNCc1ccc2c(ccn2CCN2CCOCC2)c1. The van der Waals surface area contributed by atoms with Crippen LogP contribution < -0.4 is 5.32 Å². The number of benzene rings is 1. The molecule has 1 aliphatic heterocycles. The van der Waals surface area contributed by atoms with Gasteiger partial charge in [-0.15, -0.1) is 0 Å². The fourth-order valence-electron chi connectivity index (χ4n) is 2.90. The van der Waals surface area contributed by atoms with Crippen molar-refractivity contribution in [2.75, 3.05) is 39.4 Å². The zero-order valence-electron chi connectivity index (χ0n) is 12.8. The Balaban J connectivity index is 1.65. The Morgan fingerprint density at radius 1 is 1.14 bits per heavy atom. The Labute approximate surface area is 126 Å². The van der Waals surface area contributed by atoms with Gasteiger partial charge < -0.3 is 14.6 Å². The summed E-state index contributed by atoms with van der Waals surface area (Å²) in [7, 11) is 0. The molecule has 4 heteroatoms. The lowest BCUT2D eigenvalue weighted by atomic mass is 10.1. The first-order valence-electron chi connectivity index (χ1n) is 7.95. The summed E-state index contributed by atoms with van der Waals surface area (Å²) in [4.78, 5) is 2.48. The molecule has 0 aliphatic carbocycles. The van der Waals surface area contributed by atoms with Crippen LogP contribution in [-0.2, 0) is 17.8 Å². The Morgan fingerprint density at radius 3 is 2.81 bits per heavy atom. The third-order valence-corrected chi connectivity index (χ3v) is 4.18. The van der Waals surface area contributed by atoms with E-state index in [-0.39, 0.29) is 0 Å². The van der Waals surface area contributed by atoms with Crippen LogP contribution in [0.4, 0.5) is 0 Å². The van der Waals surface area contributed by atoms with Crippen molar-refractivity contribution < 1.29 is 4.74 Å². The molecule has 1 saturated heterocycles. The molecule has 0 radical (unpaired) electrons. The third kappa shape index (κ3) is 3.64. The highest BCUT2D eigenvalue weighted by atomic mass is 16.5. The summed E-state index contributed by atoms with van der Waals surface area (Å²) < 4.78 is 7.76. The maximum absolute atomic E-state index is 5.40. The molecule has 0 bridgehead atoms. The second kappa shape index (κ2) is 7.07. The van der Waals surface area contributed by atoms with Crippen molar-refractivity contribution in [2.24, 2.45) is 0 Å². The predicted octanol–water partition coefficient (Wildman–Crippen LogP) is 2.08. The molecule has 0 amide bonds. The number of fused-ring (bicyclic) bond motifs is 1. The van der Waals surface area contributed by atoms with Crippen molar-refractivity contribution in [3.8, 4) is 0 Å². The van der Waals surface area contributed by atoms with Gasteiger partial charge in [0.2, 0.25) is 0 Å². The van der Waals surface area contributed by atoms with Gasteiger partial charge in [0.05, 0.1) is 13.2 Å². The molecule has 1 fully saturated rings. The number of ether oxygens (including phenoxy) is 1. The summed E-state index contributed by atoms with van der Waals surface area (Å²) in [5, 5.41) is 4.72. The molecule has 0 unspecified atom stereocenters. The van der Waals surface area contributed by atoms with Crippen LogP contribution in [-0.4, -0.2) is 48.9 Å². The summed E-state index contributed by atoms with van der Waals surface area (Å²) in [6.45, 7) is 10.1. The van der Waals surface area contributed by atoms with Crippen LogP contribution in [0, 0.1) is 0 Å². The minimum absolute atomic E-state index is 0.875. The van der Waals surface area contributed by atoms with Crippen molar-refractivity contribution in [2.45, 2.75) is 20.0 Å². The zero-order chi connectivity index (χ0) is 14.5. The topological polar surface area (TPSA) is 29.4 Å². The predicted molar refractivity (Wildman–Crippen MR) is 86.6 cm³/mol. The number of nitrogens with zero attached hydrogens (tertiary/aromatic N) is 2. The number of rotatable bonds is 6. The van der Waals surface area contributed by atoms with Crippen molar-refractivity contribution in [3.63, 3.8) is 0 Å². The van der Waals surface area contributed by atoms with Crippen LogP contribution in [0.1, 0.15) is 12.5 Å². The summed E-state index contributed by atoms with van der Waals surface area (Å²) in [6.07, 6.45) is 2.21. The van der Waals surface area contributed by atoms with Crippen LogP contribution in [0.2, 0.25) is 0 Å². The number of hydrogen-bond acceptors (Lipinski definition) is 3. The van der Waals surface area contributed by atoms with E-state index >= 15 is 0 Å². The minimum atomic E-state index is 0.875. The molecule has 0 saturated carbocycles. The molecule has 0 spiro atoms. The van der Waals surface area contributed by atoms with Gasteiger partial charge in [0.25, 0.3) is 0 Å². The number of aromatic nitrogens is 1. The molecule has 1 N–H and O–H groups in total. The number of nitrogens with one attached hydrogen (secondary N) is 1. The smallest absolute Gasteiger partial charge is 0.0594 e. The highest BCUT2D eigenvalue weighted by molar-refractivity contribution is 5.80. The Kier molecular flexibility index (Phi) is 4.91. The first kappa shape index (κ1) is 14.6. The number of hydrogen-bond donors (Lipinski definition) is 1. The highest BCUT2D eigenvalue weighted by Gasteiger charge is 2.10. The Hall–Kier alpha value is -1.36. The van der Waals surface area contributed by atoms with E-state index in [0.29, 0.717) is 0 Å². The fourth-order valence-corrected chi connectivity index (χ4v) is 2.90. The van der Waals surface area contributed by atoms with Crippen LogP contribution >= 0.6 is 0 Å². The van der Waals surface area contributed by atoms with E-state index in [4.69, 9.17) is 4.74 Å². The van der Waals surface area contributed by atoms with E-state index in [9.17, 15) is 0 Å². The standard InChI is InChI=1S/C17H25N3O/c1-2-18-14-15-3-4-17-16(13-15)5-6-20(17)8-7-19-9-11-21-12-10-19/h3-6,13,18H,2,7-12,14H2,1H3. The van der Waals surface area contributed by atoms with Gasteiger partial charge in [0.15, 0.2) is 0 Å². The van der Waals surface area contributed by atoms with Crippen LogP contribution in [0.25, 0.3) is 10.9 Å². The second-order valence-electron chi connectivity index (χ2n) is 5.64. The quantitative estimate of drug-likeness (QED) is 0.882. The molecule has 2 heterocycles. The second-order valence-corrected chi connectivity index (χ2v) is 5.64. The molecule has 114 valence electrons. The minimum Gasteiger partial charge on any atom is -0.379 e. The summed E-state index contributed by atoms with van der Waals surface area (Å²) in [5.41, 5.74) is 2.69. The maximum atomic E-state index is 5.40. The van der Waals surface area contributed by atoms with Crippen molar-refractivity contribution >= 4 is 10.9 Å². The monoisotopic (exact) mass is 287 g/mol. The molecule has 1 aliphatic rings. The molecule has 2 aromatic rings. The lowest BCUT2D eigenvalue weighted by Gasteiger charge is -2.26. The van der Waals surface area contributed by atoms with Gasteiger partial charge in [0.1, 0.15) is 0 Å². The average molecular weight is 287 g/mol. The van der Waals surface area contributed by atoms with Gasteiger partial charge in [-0.3, -0.25) is 4.90 Å². The van der Waals surface area contributed by atoms with Crippen molar-refractivity contribution in [1.29, 1.82) is 0 Å². The Morgan fingerprint density at radius 2 is 2.00 bits per heavy atom. The van der Waals surface area contributed by atoms with E-state index < -0.39 is 0 Å². The van der Waals surface area contributed by atoms with Crippen LogP contribution in [0.3, 0.4) is 0 Å². The molecule has 3 rings (SSSR count). The van der Waals surface area contributed by atoms with Gasteiger partial charge in [-0.25, -0.2) is 0 Å². The van der Waals surface area contributed by atoms with Gasteiger partial charge in [-0.05, 0) is 35.7 Å². The van der Waals surface area contributed by atoms with E-state index in [0.717, 1.165) is 52.5 Å². The zero-order valence-corrected chi connectivity index (χ0v) is 12.8. The van der Waals surface area contributed by atoms with Crippen molar-refractivity contribution in [3.05, 3.63) is 36.0 Å². The Bertz CT molecular complexity index is 572. The van der Waals surface area contributed by atoms with E-state index in [1.165, 1.54) is 16.5 Å². The molecule has 1 aromatic heterocycles. The van der Waals surface area contributed by atoms with Crippen LogP contribution in [0.5, 0.6) is 0 Å². The molecular formula is C17H25N3O. The summed E-state index contributed by atoms with van der Waals surface area (Å²) in [6, 6.07) is 9.00. The van der Waals surface area contributed by atoms with Gasteiger partial charge >= 0.3 is 0 Å². The van der Waals surface area contributed by atoms with E-state index in [1.54, 1.807) is 0 Å². The molecular weight excluding hydrogens is 262 g/mol. The van der Waals surface area contributed by atoms with Crippen LogP contribution in [0.15, 0.2) is 30.5 Å². The largest absolute Gasteiger partial charge is 0.379 e. The number of morpholine rings is 1. The summed E-state index contributed by atoms with van der Waals surface area (Å²) >= 11 is 0. The maximum Gasteiger partial charge on any atom is 0.0594 e. The molecule has 4 nitrogen and oxygen atoms in total. The summed E-state index contributed by atoms with van der Waals surface area (Å²) in [5.74, 6) is 0. The fraction of sp³-hybridized carbons (Fsp3) is 0.529. The molecule has 21 heavy (non-hydrogen) atoms. The van der Waals surface area contributed by atoms with Gasteiger partial charge in [-0.1, -0.05) is 13.0 Å². The normalized spacial score (nSPS) is 16.6. The molecule has 1 aromatic carbocycles. The van der Waals surface area contributed by atoms with E-state index in [1.807, 2.05) is 0 Å².